The van der Waals surface area contributed by atoms with Gasteiger partial charge in [-0.1, -0.05) is 0 Å². The SMILES string of the molecule is CN(C)c1nc2c(c(=O)n(C)c(=O)n2C)n1C. The average Bonchev–Trinajstić information content (AvgIpc) is 2.62. The molecule has 0 unspecified atom stereocenters. The molecule has 0 spiro atoms. The highest BCUT2D eigenvalue weighted by Crippen LogP contribution is 2.14. The van der Waals surface area contributed by atoms with E-state index in [1.54, 1.807) is 23.6 Å². The molecule has 0 aromatic carbocycles. The van der Waals surface area contributed by atoms with Gasteiger partial charge in [-0.05, 0) is 0 Å². The van der Waals surface area contributed by atoms with E-state index >= 15 is 0 Å². The number of aromatic nitrogens is 4. The van der Waals surface area contributed by atoms with E-state index in [4.69, 9.17) is 0 Å². The molecule has 0 atom stereocenters. The van der Waals surface area contributed by atoms with Crippen LogP contribution in [0, 0.1) is 0 Å². The lowest BCUT2D eigenvalue weighted by Gasteiger charge is -2.10. The molecule has 0 bridgehead atoms. The molecule has 2 aromatic rings. The molecule has 7 heteroatoms. The molecule has 7 nitrogen and oxygen atoms in total. The van der Waals surface area contributed by atoms with E-state index in [0.717, 1.165) is 4.57 Å². The molecule has 17 heavy (non-hydrogen) atoms. The number of anilines is 1. The Balaban J connectivity index is 3.08. The standard InChI is InChI=1S/C10H15N5O2/c1-12(2)9-11-7-6(13(9)3)8(16)15(5)10(17)14(7)4/h1-5H3. The zero-order chi connectivity index (χ0) is 12.9. The Morgan fingerprint density at radius 1 is 1.00 bits per heavy atom. The minimum Gasteiger partial charge on any atom is -0.348 e. The van der Waals surface area contributed by atoms with Gasteiger partial charge in [-0.2, -0.15) is 4.98 Å². The third-order valence-corrected chi connectivity index (χ3v) is 2.85. The van der Waals surface area contributed by atoms with Gasteiger partial charge in [0.15, 0.2) is 11.2 Å². The van der Waals surface area contributed by atoms with E-state index in [0.29, 0.717) is 17.1 Å². The maximum absolute atomic E-state index is 12.0. The third-order valence-electron chi connectivity index (χ3n) is 2.85. The first-order valence-corrected chi connectivity index (χ1v) is 5.16. The van der Waals surface area contributed by atoms with Crippen LogP contribution in [0.4, 0.5) is 5.95 Å². The Labute approximate surface area is 97.5 Å². The predicted molar refractivity (Wildman–Crippen MR) is 65.5 cm³/mol. The molecular weight excluding hydrogens is 222 g/mol. The summed E-state index contributed by atoms with van der Waals surface area (Å²) in [7, 11) is 8.51. The van der Waals surface area contributed by atoms with Crippen molar-refractivity contribution in [1.29, 1.82) is 0 Å². The lowest BCUT2D eigenvalue weighted by atomic mass is 10.5. The van der Waals surface area contributed by atoms with E-state index in [1.807, 2.05) is 14.1 Å². The summed E-state index contributed by atoms with van der Waals surface area (Å²) in [6, 6.07) is 0. The van der Waals surface area contributed by atoms with Crippen LogP contribution in [0.15, 0.2) is 9.59 Å². The van der Waals surface area contributed by atoms with Crippen LogP contribution in [0.3, 0.4) is 0 Å². The van der Waals surface area contributed by atoms with Crippen molar-refractivity contribution in [3.8, 4) is 0 Å². The molecule has 0 saturated carbocycles. The molecule has 0 radical (unpaired) electrons. The molecule has 92 valence electrons. The van der Waals surface area contributed by atoms with Gasteiger partial charge in [0.1, 0.15) is 0 Å². The van der Waals surface area contributed by atoms with Gasteiger partial charge >= 0.3 is 5.69 Å². The summed E-state index contributed by atoms with van der Waals surface area (Å²) in [6.07, 6.45) is 0. The first-order valence-electron chi connectivity index (χ1n) is 5.16. The van der Waals surface area contributed by atoms with Crippen molar-refractivity contribution in [3.05, 3.63) is 20.8 Å². The van der Waals surface area contributed by atoms with E-state index in [9.17, 15) is 9.59 Å². The van der Waals surface area contributed by atoms with Crippen LogP contribution in [-0.2, 0) is 21.1 Å². The van der Waals surface area contributed by atoms with Crippen molar-refractivity contribution < 1.29 is 0 Å². The van der Waals surface area contributed by atoms with Crippen molar-refractivity contribution in [3.63, 3.8) is 0 Å². The Kier molecular flexibility index (Phi) is 2.34. The fourth-order valence-electron chi connectivity index (χ4n) is 1.91. The van der Waals surface area contributed by atoms with Crippen LogP contribution in [0.2, 0.25) is 0 Å². The molecule has 2 heterocycles. The van der Waals surface area contributed by atoms with E-state index in [1.165, 1.54) is 11.6 Å². The van der Waals surface area contributed by atoms with E-state index < -0.39 is 0 Å². The molecule has 2 aromatic heterocycles. The molecule has 0 N–H and O–H groups in total. The molecule has 0 aliphatic carbocycles. The number of nitrogens with zero attached hydrogens (tertiary/aromatic N) is 5. The minimum absolute atomic E-state index is 0.328. The van der Waals surface area contributed by atoms with Crippen LogP contribution in [0.1, 0.15) is 0 Å². The average molecular weight is 237 g/mol. The van der Waals surface area contributed by atoms with Crippen LogP contribution < -0.4 is 16.1 Å². The Bertz CT molecular complexity index is 704. The Morgan fingerprint density at radius 2 is 1.59 bits per heavy atom. The molecule has 0 aliphatic heterocycles. The summed E-state index contributed by atoms with van der Waals surface area (Å²) < 4.78 is 4.16. The number of fused-ring (bicyclic) bond motifs is 1. The number of rotatable bonds is 1. The van der Waals surface area contributed by atoms with Gasteiger partial charge in [-0.3, -0.25) is 13.9 Å². The maximum atomic E-state index is 12.0. The fourth-order valence-corrected chi connectivity index (χ4v) is 1.91. The van der Waals surface area contributed by atoms with Gasteiger partial charge < -0.3 is 9.47 Å². The molecule has 0 aliphatic rings. The molecule has 0 saturated heterocycles. The lowest BCUT2D eigenvalue weighted by Crippen LogP contribution is -2.37. The lowest BCUT2D eigenvalue weighted by molar-refractivity contribution is 0.705. The molecule has 0 fully saturated rings. The molecule has 0 amide bonds. The summed E-state index contributed by atoms with van der Waals surface area (Å²) >= 11 is 0. The second-order valence-corrected chi connectivity index (χ2v) is 4.24. The second-order valence-electron chi connectivity index (χ2n) is 4.24. The summed E-state index contributed by atoms with van der Waals surface area (Å²) in [5.41, 5.74) is 0.139. The summed E-state index contributed by atoms with van der Waals surface area (Å²) in [4.78, 5) is 29.9. The van der Waals surface area contributed by atoms with Gasteiger partial charge in [0.25, 0.3) is 5.56 Å². The van der Waals surface area contributed by atoms with Crippen LogP contribution in [0.25, 0.3) is 11.2 Å². The van der Waals surface area contributed by atoms with Gasteiger partial charge in [0.05, 0.1) is 0 Å². The normalized spacial score (nSPS) is 11.1. The number of hydrogen-bond donors (Lipinski definition) is 0. The Hall–Kier alpha value is -2.05. The van der Waals surface area contributed by atoms with Crippen molar-refractivity contribution in [2.24, 2.45) is 21.1 Å². The van der Waals surface area contributed by atoms with Gasteiger partial charge in [0.2, 0.25) is 5.95 Å². The third kappa shape index (κ3) is 1.38. The van der Waals surface area contributed by atoms with E-state index in [2.05, 4.69) is 4.98 Å². The summed E-state index contributed by atoms with van der Waals surface area (Å²) in [5.74, 6) is 0.637. The molecule has 2 rings (SSSR count). The highest BCUT2D eigenvalue weighted by atomic mass is 16.2. The van der Waals surface area contributed by atoms with Crippen LogP contribution >= 0.6 is 0 Å². The van der Waals surface area contributed by atoms with Crippen molar-refractivity contribution in [1.82, 2.24) is 18.7 Å². The van der Waals surface area contributed by atoms with Gasteiger partial charge in [-0.15, -0.1) is 0 Å². The quantitative estimate of drug-likeness (QED) is 0.640. The van der Waals surface area contributed by atoms with E-state index in [-0.39, 0.29) is 11.2 Å². The first-order chi connectivity index (χ1) is 7.86. The summed E-state index contributed by atoms with van der Waals surface area (Å²) in [5, 5.41) is 0. The fraction of sp³-hybridized carbons (Fsp3) is 0.500. The highest BCUT2D eigenvalue weighted by Gasteiger charge is 2.17. The summed E-state index contributed by atoms with van der Waals surface area (Å²) in [6.45, 7) is 0. The zero-order valence-corrected chi connectivity index (χ0v) is 10.6. The highest BCUT2D eigenvalue weighted by molar-refractivity contribution is 5.74. The smallest absolute Gasteiger partial charge is 0.332 e. The topological polar surface area (TPSA) is 65.1 Å². The Morgan fingerprint density at radius 3 is 2.12 bits per heavy atom. The van der Waals surface area contributed by atoms with Crippen molar-refractivity contribution in [2.45, 2.75) is 0 Å². The second kappa shape index (κ2) is 3.47. The molecular formula is C10H15N5O2. The van der Waals surface area contributed by atoms with Crippen molar-refractivity contribution in [2.75, 3.05) is 19.0 Å². The van der Waals surface area contributed by atoms with Gasteiger partial charge in [0, 0.05) is 35.2 Å². The number of imidazole rings is 1. The monoisotopic (exact) mass is 237 g/mol. The number of hydrogen-bond acceptors (Lipinski definition) is 4. The number of aryl methyl sites for hydroxylation is 2. The minimum atomic E-state index is -0.370. The largest absolute Gasteiger partial charge is 0.348 e. The van der Waals surface area contributed by atoms with Crippen LogP contribution in [0.5, 0.6) is 0 Å². The maximum Gasteiger partial charge on any atom is 0.332 e. The zero-order valence-electron chi connectivity index (χ0n) is 10.6. The van der Waals surface area contributed by atoms with Gasteiger partial charge in [-0.25, -0.2) is 4.79 Å². The van der Waals surface area contributed by atoms with Crippen LogP contribution in [-0.4, -0.2) is 32.8 Å². The van der Waals surface area contributed by atoms with Crippen molar-refractivity contribution >= 4 is 17.1 Å². The first kappa shape index (κ1) is 11.4. The predicted octanol–water partition coefficient (Wildman–Crippen LogP) is -0.963.